The lowest BCUT2D eigenvalue weighted by molar-refractivity contribution is 0.0105. The van der Waals surface area contributed by atoms with Gasteiger partial charge in [0.15, 0.2) is 0 Å². The number of ether oxygens (including phenoxy) is 1. The Hall–Kier alpha value is -1.20. The second-order valence-corrected chi connectivity index (χ2v) is 6.79. The van der Waals surface area contributed by atoms with E-state index in [-0.39, 0.29) is 22.2 Å². The van der Waals surface area contributed by atoms with E-state index in [2.05, 4.69) is 5.32 Å². The fourth-order valence-corrected chi connectivity index (χ4v) is 2.50. The quantitative estimate of drug-likeness (QED) is 0.882. The zero-order chi connectivity index (χ0) is 15.8. The minimum Gasteiger partial charge on any atom is -0.444 e. The molecule has 1 N–H and O–H groups in total. The summed E-state index contributed by atoms with van der Waals surface area (Å²) in [4.78, 5) is 13.4. The van der Waals surface area contributed by atoms with Gasteiger partial charge in [0, 0.05) is 13.1 Å². The van der Waals surface area contributed by atoms with E-state index in [4.69, 9.17) is 27.9 Å². The van der Waals surface area contributed by atoms with Gasteiger partial charge in [0.05, 0.1) is 21.8 Å². The molecule has 0 saturated carbocycles. The molecule has 0 atom stereocenters. The Morgan fingerprint density at radius 1 is 1.33 bits per heavy atom. The smallest absolute Gasteiger partial charge is 0.410 e. The van der Waals surface area contributed by atoms with Crippen LogP contribution in [0, 0.1) is 5.82 Å². The lowest BCUT2D eigenvalue weighted by Gasteiger charge is -2.40. The van der Waals surface area contributed by atoms with E-state index in [9.17, 15) is 9.18 Å². The number of rotatable bonds is 2. The van der Waals surface area contributed by atoms with E-state index >= 15 is 0 Å². The summed E-state index contributed by atoms with van der Waals surface area (Å²) in [7, 11) is 0. The highest BCUT2D eigenvalue weighted by molar-refractivity contribution is 6.39. The zero-order valence-corrected chi connectivity index (χ0v) is 13.6. The van der Waals surface area contributed by atoms with Gasteiger partial charge < -0.3 is 15.0 Å². The summed E-state index contributed by atoms with van der Waals surface area (Å²) in [5.74, 6) is -0.487. The first kappa shape index (κ1) is 16.2. The summed E-state index contributed by atoms with van der Waals surface area (Å²) in [5.41, 5.74) is -0.0346. The van der Waals surface area contributed by atoms with Crippen LogP contribution in [0.2, 0.25) is 10.0 Å². The third-order valence-corrected chi connectivity index (χ3v) is 3.48. The van der Waals surface area contributed by atoms with Crippen molar-refractivity contribution in [3.8, 4) is 0 Å². The first-order valence-electron chi connectivity index (χ1n) is 6.55. The van der Waals surface area contributed by atoms with Crippen LogP contribution in [0.4, 0.5) is 14.9 Å². The van der Waals surface area contributed by atoms with Crippen molar-refractivity contribution in [3.05, 3.63) is 28.0 Å². The Morgan fingerprint density at radius 3 is 2.33 bits per heavy atom. The Labute approximate surface area is 133 Å². The number of nitrogens with zero attached hydrogens (tertiary/aromatic N) is 1. The minimum atomic E-state index is -0.515. The summed E-state index contributed by atoms with van der Waals surface area (Å²) >= 11 is 11.9. The molecular weight excluding hydrogens is 318 g/mol. The predicted molar refractivity (Wildman–Crippen MR) is 81.6 cm³/mol. The van der Waals surface area contributed by atoms with Gasteiger partial charge in [-0.2, -0.15) is 0 Å². The largest absolute Gasteiger partial charge is 0.444 e. The van der Waals surface area contributed by atoms with Crippen LogP contribution in [0.25, 0.3) is 0 Å². The monoisotopic (exact) mass is 334 g/mol. The maximum Gasteiger partial charge on any atom is 0.410 e. The van der Waals surface area contributed by atoms with Crippen LogP contribution in [0.1, 0.15) is 20.8 Å². The van der Waals surface area contributed by atoms with Crippen molar-refractivity contribution in [3.63, 3.8) is 0 Å². The molecule has 0 bridgehead atoms. The molecule has 1 fully saturated rings. The highest BCUT2D eigenvalue weighted by atomic mass is 35.5. The number of hydrogen-bond acceptors (Lipinski definition) is 3. The maximum atomic E-state index is 13.1. The van der Waals surface area contributed by atoms with Crippen LogP contribution in [0.15, 0.2) is 12.1 Å². The number of amides is 1. The lowest BCUT2D eigenvalue weighted by atomic mass is 10.1. The van der Waals surface area contributed by atoms with Crippen LogP contribution in [-0.4, -0.2) is 35.7 Å². The number of carbonyl (C=O) groups is 1. The van der Waals surface area contributed by atoms with Gasteiger partial charge in [0.25, 0.3) is 0 Å². The first-order valence-corrected chi connectivity index (χ1v) is 7.30. The lowest BCUT2D eigenvalue weighted by Crippen LogP contribution is -2.58. The van der Waals surface area contributed by atoms with Crippen LogP contribution >= 0.6 is 23.2 Å². The van der Waals surface area contributed by atoms with Gasteiger partial charge in [0.2, 0.25) is 0 Å². The van der Waals surface area contributed by atoms with Crippen LogP contribution in [-0.2, 0) is 4.74 Å². The van der Waals surface area contributed by atoms with Gasteiger partial charge in [0.1, 0.15) is 11.4 Å². The van der Waals surface area contributed by atoms with Crippen molar-refractivity contribution in [1.82, 2.24) is 4.90 Å². The van der Waals surface area contributed by atoms with E-state index in [0.717, 1.165) is 0 Å². The number of halogens is 3. The predicted octanol–water partition coefficient (Wildman–Crippen LogP) is 4.16. The third-order valence-electron chi connectivity index (χ3n) is 2.89. The number of benzene rings is 1. The normalized spacial score (nSPS) is 15.6. The molecule has 1 amide bonds. The second-order valence-electron chi connectivity index (χ2n) is 5.97. The molecule has 1 aliphatic heterocycles. The molecule has 1 heterocycles. The van der Waals surface area contributed by atoms with Gasteiger partial charge in [-0.1, -0.05) is 23.2 Å². The van der Waals surface area contributed by atoms with Crippen molar-refractivity contribution in [2.45, 2.75) is 32.4 Å². The Kier molecular flexibility index (Phi) is 4.54. The summed E-state index contributed by atoms with van der Waals surface area (Å²) in [6.07, 6.45) is -0.350. The summed E-state index contributed by atoms with van der Waals surface area (Å²) in [6, 6.07) is 2.40. The van der Waals surface area contributed by atoms with Gasteiger partial charge in [-0.3, -0.25) is 0 Å². The summed E-state index contributed by atoms with van der Waals surface area (Å²) < 4.78 is 18.4. The standard InChI is InChI=1S/C14H17Cl2FN2O2/c1-14(2,3)21-13(20)19-6-9(7-19)18-12-10(15)4-8(17)5-11(12)16/h4-5,9,18H,6-7H2,1-3H3. The second kappa shape index (κ2) is 5.89. The van der Waals surface area contributed by atoms with E-state index in [1.807, 2.05) is 20.8 Å². The van der Waals surface area contributed by atoms with Crippen molar-refractivity contribution >= 4 is 35.0 Å². The van der Waals surface area contributed by atoms with Gasteiger partial charge in [-0.25, -0.2) is 9.18 Å². The molecule has 1 aromatic carbocycles. The summed E-state index contributed by atoms with van der Waals surface area (Å²) in [5, 5.41) is 3.55. The fraction of sp³-hybridized carbons (Fsp3) is 0.500. The number of nitrogens with one attached hydrogen (secondary N) is 1. The Balaban J connectivity index is 1.90. The molecule has 0 aliphatic carbocycles. The maximum absolute atomic E-state index is 13.1. The van der Waals surface area contributed by atoms with Gasteiger partial charge in [-0.15, -0.1) is 0 Å². The third kappa shape index (κ3) is 4.14. The van der Waals surface area contributed by atoms with E-state index in [0.29, 0.717) is 18.8 Å². The number of anilines is 1. The minimum absolute atomic E-state index is 0.0120. The molecule has 0 aromatic heterocycles. The molecule has 0 spiro atoms. The van der Waals surface area contributed by atoms with Crippen molar-refractivity contribution in [2.24, 2.45) is 0 Å². The average molecular weight is 335 g/mol. The summed E-state index contributed by atoms with van der Waals surface area (Å²) in [6.45, 7) is 6.42. The topological polar surface area (TPSA) is 41.6 Å². The van der Waals surface area contributed by atoms with E-state index in [1.165, 1.54) is 12.1 Å². The average Bonchev–Trinajstić information content (AvgIpc) is 2.21. The molecule has 7 heteroatoms. The van der Waals surface area contributed by atoms with Crippen molar-refractivity contribution in [2.75, 3.05) is 18.4 Å². The van der Waals surface area contributed by atoms with Gasteiger partial charge >= 0.3 is 6.09 Å². The molecule has 1 aliphatic rings. The van der Waals surface area contributed by atoms with Crippen LogP contribution in [0.3, 0.4) is 0 Å². The number of hydrogen-bond donors (Lipinski definition) is 1. The zero-order valence-electron chi connectivity index (χ0n) is 12.0. The molecular formula is C14H17Cl2FN2O2. The number of likely N-dealkylation sites (tertiary alicyclic amines) is 1. The number of carbonyl (C=O) groups excluding carboxylic acids is 1. The molecule has 21 heavy (non-hydrogen) atoms. The Morgan fingerprint density at radius 2 is 1.86 bits per heavy atom. The van der Waals surface area contributed by atoms with Crippen LogP contribution < -0.4 is 5.32 Å². The SMILES string of the molecule is CC(C)(C)OC(=O)N1CC(Nc2c(Cl)cc(F)cc2Cl)C1. The molecule has 2 rings (SSSR count). The van der Waals surface area contributed by atoms with Crippen molar-refractivity contribution < 1.29 is 13.9 Å². The molecule has 1 saturated heterocycles. The fourth-order valence-electron chi connectivity index (χ4n) is 1.93. The molecule has 116 valence electrons. The van der Waals surface area contributed by atoms with Gasteiger partial charge in [-0.05, 0) is 32.9 Å². The van der Waals surface area contributed by atoms with Crippen LogP contribution in [0.5, 0.6) is 0 Å². The van der Waals surface area contributed by atoms with E-state index in [1.54, 1.807) is 4.90 Å². The molecule has 1 aromatic rings. The first-order chi connectivity index (χ1) is 9.65. The molecule has 4 nitrogen and oxygen atoms in total. The highest BCUT2D eigenvalue weighted by Crippen LogP contribution is 2.33. The van der Waals surface area contributed by atoms with E-state index < -0.39 is 11.4 Å². The van der Waals surface area contributed by atoms with Crippen molar-refractivity contribution in [1.29, 1.82) is 0 Å². The highest BCUT2D eigenvalue weighted by Gasteiger charge is 2.34. The molecule has 0 radical (unpaired) electrons. The molecule has 0 unspecified atom stereocenters. The Bertz CT molecular complexity index is 531.